The minimum absolute atomic E-state index is 0.0174. The van der Waals surface area contributed by atoms with Crippen LogP contribution in [0.15, 0.2) is 36.7 Å². The second-order valence-electron chi connectivity index (χ2n) is 11.5. The average Bonchev–Trinajstić information content (AvgIpc) is 3.19. The monoisotopic (exact) mass is 520 g/mol. The smallest absolute Gasteiger partial charge is 0.255 e. The zero-order valence-electron chi connectivity index (χ0n) is 23.7. The fraction of sp³-hybridized carbons (Fsp3) is 0.516. The van der Waals surface area contributed by atoms with E-state index in [4.69, 9.17) is 0 Å². The number of imidazole rings is 1. The number of halogens is 1. The van der Waals surface area contributed by atoms with E-state index in [0.29, 0.717) is 29.9 Å². The summed E-state index contributed by atoms with van der Waals surface area (Å²) in [5.74, 6) is 1.08. The summed E-state index contributed by atoms with van der Waals surface area (Å²) < 4.78 is 16.6. The van der Waals surface area contributed by atoms with Gasteiger partial charge in [0, 0.05) is 55.3 Å². The number of aromatic nitrogens is 2. The van der Waals surface area contributed by atoms with Crippen LogP contribution in [-0.4, -0.2) is 62.6 Å². The van der Waals surface area contributed by atoms with Gasteiger partial charge in [0.25, 0.3) is 5.91 Å². The van der Waals surface area contributed by atoms with E-state index < -0.39 is 5.82 Å². The number of amides is 1. The first-order valence-corrected chi connectivity index (χ1v) is 13.8. The Balaban J connectivity index is 1.76. The number of likely N-dealkylation sites (tertiary alicyclic amines) is 1. The molecule has 4 rings (SSSR count). The molecule has 0 aliphatic carbocycles. The first-order valence-electron chi connectivity index (χ1n) is 13.8. The van der Waals surface area contributed by atoms with Gasteiger partial charge in [0.15, 0.2) is 0 Å². The number of benzene rings is 1. The fourth-order valence-corrected chi connectivity index (χ4v) is 5.98. The van der Waals surface area contributed by atoms with Crippen molar-refractivity contribution in [3.8, 4) is 11.1 Å². The summed E-state index contributed by atoms with van der Waals surface area (Å²) in [4.78, 5) is 33.6. The molecule has 0 bridgehead atoms. The van der Waals surface area contributed by atoms with E-state index in [1.165, 1.54) is 17.7 Å². The van der Waals surface area contributed by atoms with Crippen molar-refractivity contribution in [2.24, 2.45) is 5.92 Å². The van der Waals surface area contributed by atoms with E-state index in [2.05, 4.69) is 40.4 Å². The minimum Gasteiger partial charge on any atom is -0.334 e. The summed E-state index contributed by atoms with van der Waals surface area (Å²) in [6.07, 6.45) is 6.45. The van der Waals surface area contributed by atoms with Crippen molar-refractivity contribution in [3.05, 3.63) is 59.4 Å². The van der Waals surface area contributed by atoms with Crippen LogP contribution in [0.1, 0.15) is 82.0 Å². The molecule has 0 unspecified atom stereocenters. The maximum Gasteiger partial charge on any atom is 0.255 e. The van der Waals surface area contributed by atoms with Gasteiger partial charge < -0.3 is 14.1 Å². The molecule has 0 radical (unpaired) electrons. The van der Waals surface area contributed by atoms with Crippen molar-refractivity contribution in [1.29, 1.82) is 0 Å². The highest BCUT2D eigenvalue weighted by atomic mass is 19.1. The number of fused-ring (bicyclic) bond motifs is 1. The third kappa shape index (κ3) is 5.39. The van der Waals surface area contributed by atoms with Gasteiger partial charge in [-0.25, -0.2) is 9.37 Å². The molecule has 1 amide bonds. The molecule has 1 aromatic carbocycles. The molecule has 204 valence electrons. The Hall–Kier alpha value is -3.06. The zero-order chi connectivity index (χ0) is 27.7. The molecule has 0 N–H and O–H groups in total. The predicted molar refractivity (Wildman–Crippen MR) is 150 cm³/mol. The van der Waals surface area contributed by atoms with Crippen LogP contribution in [0.25, 0.3) is 16.6 Å². The van der Waals surface area contributed by atoms with E-state index in [1.807, 2.05) is 40.8 Å². The maximum absolute atomic E-state index is 14.5. The third-order valence-corrected chi connectivity index (χ3v) is 7.90. The van der Waals surface area contributed by atoms with Gasteiger partial charge >= 0.3 is 0 Å². The van der Waals surface area contributed by atoms with Crippen LogP contribution in [0.2, 0.25) is 0 Å². The Morgan fingerprint density at radius 3 is 2.39 bits per heavy atom. The predicted octanol–water partition coefficient (Wildman–Crippen LogP) is 6.11. The largest absolute Gasteiger partial charge is 0.334 e. The van der Waals surface area contributed by atoms with E-state index in [-0.39, 0.29) is 18.0 Å². The molecule has 1 aliphatic rings. The van der Waals surface area contributed by atoms with Crippen LogP contribution in [0.3, 0.4) is 0 Å². The first-order chi connectivity index (χ1) is 18.0. The number of hydrogen-bond acceptors (Lipinski definition) is 4. The van der Waals surface area contributed by atoms with Crippen LogP contribution >= 0.6 is 0 Å². The minimum atomic E-state index is -0.425. The van der Waals surface area contributed by atoms with Crippen LogP contribution in [0, 0.1) is 18.7 Å². The quantitative estimate of drug-likeness (QED) is 0.303. The molecule has 1 atom stereocenters. The molecule has 3 aromatic rings. The van der Waals surface area contributed by atoms with E-state index in [9.17, 15) is 14.0 Å². The molecule has 1 saturated heterocycles. The Bertz CT molecular complexity index is 1300. The van der Waals surface area contributed by atoms with Crippen molar-refractivity contribution >= 4 is 17.7 Å². The Labute approximate surface area is 225 Å². The van der Waals surface area contributed by atoms with Gasteiger partial charge in [-0.3, -0.25) is 9.69 Å². The van der Waals surface area contributed by atoms with Gasteiger partial charge in [-0.2, -0.15) is 0 Å². The number of carbonyl (C=O) groups is 2. The van der Waals surface area contributed by atoms with Crippen molar-refractivity contribution in [1.82, 2.24) is 19.2 Å². The Morgan fingerprint density at radius 1 is 1.11 bits per heavy atom. The molecule has 38 heavy (non-hydrogen) atoms. The number of nitrogens with zero attached hydrogens (tertiary/aromatic N) is 4. The van der Waals surface area contributed by atoms with Gasteiger partial charge in [0.2, 0.25) is 0 Å². The van der Waals surface area contributed by atoms with E-state index >= 15 is 0 Å². The Morgan fingerprint density at radius 2 is 1.79 bits per heavy atom. The number of rotatable bonds is 10. The van der Waals surface area contributed by atoms with Gasteiger partial charge in [0.05, 0.1) is 17.3 Å². The van der Waals surface area contributed by atoms with Gasteiger partial charge in [-0.15, -0.1) is 0 Å². The highest BCUT2D eigenvalue weighted by molar-refractivity contribution is 6.03. The first kappa shape index (κ1) is 28.0. The van der Waals surface area contributed by atoms with Crippen molar-refractivity contribution in [2.75, 3.05) is 13.1 Å². The second kappa shape index (κ2) is 11.4. The van der Waals surface area contributed by atoms with Crippen LogP contribution in [-0.2, 0) is 4.79 Å². The van der Waals surface area contributed by atoms with Crippen molar-refractivity contribution < 1.29 is 14.0 Å². The normalized spacial score (nSPS) is 15.4. The van der Waals surface area contributed by atoms with Gasteiger partial charge in [-0.1, -0.05) is 19.9 Å². The van der Waals surface area contributed by atoms with Crippen LogP contribution in [0.5, 0.6) is 0 Å². The number of pyridine rings is 1. The standard InChI is InChI=1S/C31H41FN4O2/c1-19(2)29(9-8-12-37)34-16-24(17-34)23-13-27(30-15-33-22(7)35(30)18-23)26-11-10-25(32)14-28(26)31(38)36(20(3)4)21(5)6/h10-15,18-21,24,29H,8-9,16-17H2,1-7H3/t29-/m1/s1. The summed E-state index contributed by atoms with van der Waals surface area (Å²) in [6, 6.07) is 7.03. The molecule has 6 nitrogen and oxygen atoms in total. The number of carbonyl (C=O) groups excluding carboxylic acids is 2. The Kier molecular flexibility index (Phi) is 8.36. The fourth-order valence-electron chi connectivity index (χ4n) is 5.98. The molecule has 0 saturated carbocycles. The van der Waals surface area contributed by atoms with E-state index in [1.54, 1.807) is 11.0 Å². The lowest BCUT2D eigenvalue weighted by Gasteiger charge is -2.46. The maximum atomic E-state index is 14.5. The SMILES string of the molecule is Cc1ncc2c(-c3ccc(F)cc3C(=O)N(C(C)C)C(C)C)cc(C3CN([C@H](CCC=O)C(C)C)C3)cn12. The van der Waals surface area contributed by atoms with Crippen LogP contribution in [0.4, 0.5) is 4.39 Å². The lowest BCUT2D eigenvalue weighted by Crippen LogP contribution is -2.52. The third-order valence-electron chi connectivity index (χ3n) is 7.90. The molecule has 0 spiro atoms. The summed E-state index contributed by atoms with van der Waals surface area (Å²) in [5.41, 5.74) is 4.05. The molecule has 2 aromatic heterocycles. The van der Waals surface area contributed by atoms with Gasteiger partial charge in [-0.05, 0) is 76.3 Å². The highest BCUT2D eigenvalue weighted by Gasteiger charge is 2.35. The molecule has 3 heterocycles. The second-order valence-corrected chi connectivity index (χ2v) is 11.5. The molecule has 1 aliphatic heterocycles. The summed E-state index contributed by atoms with van der Waals surface area (Å²) in [7, 11) is 0. The molecule has 1 fully saturated rings. The van der Waals surface area contributed by atoms with Crippen LogP contribution < -0.4 is 0 Å². The topological polar surface area (TPSA) is 57.9 Å². The molecular weight excluding hydrogens is 479 g/mol. The number of aldehydes is 1. The average molecular weight is 521 g/mol. The summed E-state index contributed by atoms with van der Waals surface area (Å²) in [5, 5.41) is 0. The van der Waals surface area contributed by atoms with Gasteiger partial charge in [0.1, 0.15) is 17.9 Å². The lowest BCUT2D eigenvalue weighted by atomic mass is 9.85. The number of aryl methyl sites for hydroxylation is 1. The molecular formula is C31H41FN4O2. The van der Waals surface area contributed by atoms with E-state index in [0.717, 1.165) is 48.3 Å². The summed E-state index contributed by atoms with van der Waals surface area (Å²) in [6.45, 7) is 16.2. The zero-order valence-corrected chi connectivity index (χ0v) is 23.7. The van der Waals surface area contributed by atoms with Crippen molar-refractivity contribution in [3.63, 3.8) is 0 Å². The molecule has 7 heteroatoms. The highest BCUT2D eigenvalue weighted by Crippen LogP contribution is 2.37. The lowest BCUT2D eigenvalue weighted by molar-refractivity contribution is -0.108. The summed E-state index contributed by atoms with van der Waals surface area (Å²) >= 11 is 0. The van der Waals surface area contributed by atoms with Crippen molar-refractivity contribution in [2.45, 2.75) is 85.4 Å². The number of hydrogen-bond donors (Lipinski definition) is 0.